The van der Waals surface area contributed by atoms with Gasteiger partial charge >= 0.3 is 5.97 Å². The molecule has 0 spiro atoms. The third-order valence-electron chi connectivity index (χ3n) is 5.73. The standard InChI is InChI=1S/C22H33NO3/c1-3-17(13-14-26-21(24)4-2)18-9-11-20(12-10-18)22(25)19-7-5-16(15-23)6-8-19/h9-12,16-17,19H,3-8,13-15,23H2,1-2H3. The first-order valence-corrected chi connectivity index (χ1v) is 10.1. The summed E-state index contributed by atoms with van der Waals surface area (Å²) in [4.78, 5) is 24.0. The minimum absolute atomic E-state index is 0.148. The molecule has 1 aliphatic carbocycles. The largest absolute Gasteiger partial charge is 0.466 e. The lowest BCUT2D eigenvalue weighted by Crippen LogP contribution is -2.25. The SMILES string of the molecule is CCC(=O)OCCC(CC)c1ccc(C(=O)C2CCC(CN)CC2)cc1. The molecule has 0 amide bonds. The molecule has 0 saturated heterocycles. The predicted molar refractivity (Wildman–Crippen MR) is 104 cm³/mol. The van der Waals surface area contributed by atoms with Gasteiger partial charge in [0, 0.05) is 17.9 Å². The van der Waals surface area contributed by atoms with E-state index in [-0.39, 0.29) is 17.7 Å². The summed E-state index contributed by atoms with van der Waals surface area (Å²) in [5.74, 6) is 1.22. The lowest BCUT2D eigenvalue weighted by molar-refractivity contribution is -0.143. The molecule has 144 valence electrons. The fourth-order valence-corrected chi connectivity index (χ4v) is 3.84. The topological polar surface area (TPSA) is 69.4 Å². The highest BCUT2D eigenvalue weighted by molar-refractivity contribution is 5.97. The van der Waals surface area contributed by atoms with Crippen LogP contribution in [0.25, 0.3) is 0 Å². The van der Waals surface area contributed by atoms with Crippen molar-refractivity contribution in [2.75, 3.05) is 13.2 Å². The Kier molecular flexibility index (Phi) is 8.30. The van der Waals surface area contributed by atoms with Crippen molar-refractivity contribution in [1.29, 1.82) is 0 Å². The van der Waals surface area contributed by atoms with E-state index in [0.29, 0.717) is 24.9 Å². The molecule has 0 aliphatic heterocycles. The highest BCUT2D eigenvalue weighted by Gasteiger charge is 2.26. The van der Waals surface area contributed by atoms with Crippen LogP contribution in [0, 0.1) is 11.8 Å². The van der Waals surface area contributed by atoms with Crippen molar-refractivity contribution < 1.29 is 14.3 Å². The van der Waals surface area contributed by atoms with Crippen LogP contribution in [0.15, 0.2) is 24.3 Å². The quantitative estimate of drug-likeness (QED) is 0.522. The van der Waals surface area contributed by atoms with Gasteiger partial charge in [-0.05, 0) is 62.5 Å². The number of benzene rings is 1. The second-order valence-corrected chi connectivity index (χ2v) is 7.41. The summed E-state index contributed by atoms with van der Waals surface area (Å²) < 4.78 is 5.20. The summed E-state index contributed by atoms with van der Waals surface area (Å²) in [6.07, 6.45) is 6.28. The smallest absolute Gasteiger partial charge is 0.305 e. The fourth-order valence-electron chi connectivity index (χ4n) is 3.84. The third-order valence-corrected chi connectivity index (χ3v) is 5.73. The Hall–Kier alpha value is -1.68. The van der Waals surface area contributed by atoms with Gasteiger partial charge in [-0.25, -0.2) is 0 Å². The summed E-state index contributed by atoms with van der Waals surface area (Å²) in [6.45, 7) is 5.14. The zero-order chi connectivity index (χ0) is 18.9. The van der Waals surface area contributed by atoms with E-state index in [9.17, 15) is 9.59 Å². The maximum absolute atomic E-state index is 12.7. The summed E-state index contributed by atoms with van der Waals surface area (Å²) in [5.41, 5.74) is 7.77. The molecule has 0 heterocycles. The van der Waals surface area contributed by atoms with Crippen LogP contribution in [0.2, 0.25) is 0 Å². The first kappa shape index (κ1) is 20.6. The number of carbonyl (C=O) groups is 2. The van der Waals surface area contributed by atoms with E-state index in [1.165, 1.54) is 5.56 Å². The van der Waals surface area contributed by atoms with Gasteiger partial charge in [0.1, 0.15) is 0 Å². The third kappa shape index (κ3) is 5.66. The number of ether oxygens (including phenoxy) is 1. The molecule has 1 atom stereocenters. The molecule has 1 aromatic rings. The van der Waals surface area contributed by atoms with Crippen LogP contribution >= 0.6 is 0 Å². The van der Waals surface area contributed by atoms with Crippen molar-refractivity contribution in [3.05, 3.63) is 35.4 Å². The van der Waals surface area contributed by atoms with Crippen molar-refractivity contribution in [1.82, 2.24) is 0 Å². The molecule has 1 aromatic carbocycles. The van der Waals surface area contributed by atoms with E-state index >= 15 is 0 Å². The average Bonchev–Trinajstić information content (AvgIpc) is 2.70. The fraction of sp³-hybridized carbons (Fsp3) is 0.636. The van der Waals surface area contributed by atoms with Gasteiger partial charge in [0.25, 0.3) is 0 Å². The van der Waals surface area contributed by atoms with Crippen molar-refractivity contribution in [2.24, 2.45) is 17.6 Å². The molecular weight excluding hydrogens is 326 g/mol. The highest BCUT2D eigenvalue weighted by Crippen LogP contribution is 2.31. The van der Waals surface area contributed by atoms with E-state index in [4.69, 9.17) is 10.5 Å². The van der Waals surface area contributed by atoms with Gasteiger partial charge in [0.15, 0.2) is 5.78 Å². The van der Waals surface area contributed by atoms with E-state index in [0.717, 1.165) is 50.6 Å². The zero-order valence-electron chi connectivity index (χ0n) is 16.2. The number of ketones is 1. The molecule has 1 saturated carbocycles. The van der Waals surface area contributed by atoms with Crippen LogP contribution in [-0.2, 0) is 9.53 Å². The van der Waals surface area contributed by atoms with Gasteiger partial charge in [0.05, 0.1) is 6.61 Å². The number of rotatable bonds is 9. The maximum atomic E-state index is 12.7. The molecule has 1 aliphatic rings. The Morgan fingerprint density at radius 3 is 2.31 bits per heavy atom. The predicted octanol–water partition coefficient (Wildman–Crippen LogP) is 4.47. The van der Waals surface area contributed by atoms with Gasteiger partial charge in [-0.2, -0.15) is 0 Å². The minimum Gasteiger partial charge on any atom is -0.466 e. The summed E-state index contributed by atoms with van der Waals surface area (Å²) in [5, 5.41) is 0. The molecule has 2 N–H and O–H groups in total. The van der Waals surface area contributed by atoms with Gasteiger partial charge in [-0.15, -0.1) is 0 Å². The molecule has 0 radical (unpaired) electrons. The monoisotopic (exact) mass is 359 g/mol. The second kappa shape index (κ2) is 10.5. The first-order valence-electron chi connectivity index (χ1n) is 10.1. The van der Waals surface area contributed by atoms with Crippen molar-refractivity contribution in [2.45, 2.75) is 64.7 Å². The zero-order valence-corrected chi connectivity index (χ0v) is 16.2. The van der Waals surface area contributed by atoms with Crippen LogP contribution in [0.3, 0.4) is 0 Å². The highest BCUT2D eigenvalue weighted by atomic mass is 16.5. The van der Waals surface area contributed by atoms with Crippen molar-refractivity contribution in [3.8, 4) is 0 Å². The number of hydrogen-bond acceptors (Lipinski definition) is 4. The van der Waals surface area contributed by atoms with Crippen LogP contribution < -0.4 is 5.73 Å². The second-order valence-electron chi connectivity index (χ2n) is 7.41. The number of esters is 1. The molecular formula is C22H33NO3. The normalized spacial score (nSPS) is 21.2. The van der Waals surface area contributed by atoms with Crippen LogP contribution in [0.1, 0.15) is 80.6 Å². The number of carbonyl (C=O) groups excluding carboxylic acids is 2. The van der Waals surface area contributed by atoms with Crippen LogP contribution in [0.4, 0.5) is 0 Å². The number of nitrogens with two attached hydrogens (primary N) is 1. The Balaban J connectivity index is 1.91. The van der Waals surface area contributed by atoms with Crippen molar-refractivity contribution in [3.63, 3.8) is 0 Å². The van der Waals surface area contributed by atoms with Gasteiger partial charge < -0.3 is 10.5 Å². The van der Waals surface area contributed by atoms with Gasteiger partial charge in [0.2, 0.25) is 0 Å². The Bertz CT molecular complexity index is 574. The maximum Gasteiger partial charge on any atom is 0.305 e. The lowest BCUT2D eigenvalue weighted by atomic mass is 9.78. The average molecular weight is 360 g/mol. The molecule has 4 nitrogen and oxygen atoms in total. The van der Waals surface area contributed by atoms with Gasteiger partial charge in [-0.3, -0.25) is 9.59 Å². The first-order chi connectivity index (χ1) is 12.6. The molecule has 1 fully saturated rings. The molecule has 1 unspecified atom stereocenters. The molecule has 0 aromatic heterocycles. The summed E-state index contributed by atoms with van der Waals surface area (Å²) >= 11 is 0. The van der Waals surface area contributed by atoms with Gasteiger partial charge in [-0.1, -0.05) is 38.1 Å². The molecule has 4 heteroatoms. The molecule has 26 heavy (non-hydrogen) atoms. The number of Topliss-reactive ketones (excluding diaryl/α,β-unsaturated/α-hetero) is 1. The van der Waals surface area contributed by atoms with Crippen LogP contribution in [-0.4, -0.2) is 24.9 Å². The Morgan fingerprint density at radius 2 is 1.77 bits per heavy atom. The van der Waals surface area contributed by atoms with E-state index in [1.807, 2.05) is 12.1 Å². The van der Waals surface area contributed by atoms with Crippen molar-refractivity contribution >= 4 is 11.8 Å². The van der Waals surface area contributed by atoms with E-state index < -0.39 is 0 Å². The van der Waals surface area contributed by atoms with E-state index in [1.54, 1.807) is 6.92 Å². The Labute approximate surface area is 157 Å². The lowest BCUT2D eigenvalue weighted by Gasteiger charge is -2.26. The molecule has 0 bridgehead atoms. The summed E-state index contributed by atoms with van der Waals surface area (Å²) in [6, 6.07) is 8.06. The number of hydrogen-bond donors (Lipinski definition) is 1. The molecule has 2 rings (SSSR count). The summed E-state index contributed by atoms with van der Waals surface area (Å²) in [7, 11) is 0. The minimum atomic E-state index is -0.148. The van der Waals surface area contributed by atoms with Crippen LogP contribution in [0.5, 0.6) is 0 Å². The van der Waals surface area contributed by atoms with E-state index in [2.05, 4.69) is 19.1 Å². The Morgan fingerprint density at radius 1 is 1.12 bits per heavy atom.